The van der Waals surface area contributed by atoms with Gasteiger partial charge in [0.1, 0.15) is 0 Å². The van der Waals surface area contributed by atoms with Crippen LogP contribution in [0.4, 0.5) is 0 Å². The average molecular weight is 335 g/mol. The van der Waals surface area contributed by atoms with E-state index in [0.29, 0.717) is 12.1 Å². The first-order chi connectivity index (χ1) is 9.19. The van der Waals surface area contributed by atoms with Gasteiger partial charge in [-0.25, -0.2) is 8.42 Å². The van der Waals surface area contributed by atoms with Gasteiger partial charge in [0.25, 0.3) is 0 Å². The molecule has 0 saturated heterocycles. The van der Waals surface area contributed by atoms with Crippen LogP contribution in [0.5, 0.6) is 0 Å². The molecule has 1 rings (SSSR count). The van der Waals surface area contributed by atoms with Gasteiger partial charge in [-0.1, -0.05) is 38.1 Å². The lowest BCUT2D eigenvalue weighted by atomic mass is 10.0. The van der Waals surface area contributed by atoms with Crippen LogP contribution in [0.3, 0.4) is 0 Å². The number of carbonyl (C=O) groups is 1. The van der Waals surface area contributed by atoms with Gasteiger partial charge in [-0.05, 0) is 17.0 Å². The van der Waals surface area contributed by atoms with Gasteiger partial charge in [-0.3, -0.25) is 4.79 Å². The molecule has 1 aromatic carbocycles. The first kappa shape index (κ1) is 19.9. The van der Waals surface area contributed by atoms with Gasteiger partial charge in [0.15, 0.2) is 9.84 Å². The summed E-state index contributed by atoms with van der Waals surface area (Å²) in [7, 11) is -3.06. The second-order valence-corrected chi connectivity index (χ2v) is 7.52. The summed E-state index contributed by atoms with van der Waals surface area (Å²) in [5.74, 6) is -0.125. The number of hydrogen-bond donors (Lipinski definition) is 2. The molecule has 0 radical (unpaired) electrons. The number of carbonyl (C=O) groups excluding carboxylic acids is 1. The molecule has 0 fully saturated rings. The minimum atomic E-state index is -3.06. The Labute approximate surface area is 132 Å². The van der Waals surface area contributed by atoms with Crippen LogP contribution < -0.4 is 11.1 Å². The highest BCUT2D eigenvalue weighted by atomic mass is 35.5. The Morgan fingerprint density at radius 1 is 1.29 bits per heavy atom. The molecule has 21 heavy (non-hydrogen) atoms. The first-order valence-corrected chi connectivity index (χ1v) is 8.54. The zero-order valence-corrected chi connectivity index (χ0v) is 14.1. The molecule has 0 saturated carbocycles. The minimum absolute atomic E-state index is 0. The lowest BCUT2D eigenvalue weighted by Gasteiger charge is -2.15. The average Bonchev–Trinajstić information content (AvgIpc) is 2.33. The number of benzene rings is 1. The molecular formula is C14H23ClN2O3S. The first-order valence-electron chi connectivity index (χ1n) is 6.48. The van der Waals surface area contributed by atoms with Gasteiger partial charge in [0.05, 0.1) is 11.8 Å². The van der Waals surface area contributed by atoms with E-state index >= 15 is 0 Å². The molecular weight excluding hydrogens is 312 g/mol. The van der Waals surface area contributed by atoms with Gasteiger partial charge in [-0.2, -0.15) is 0 Å². The van der Waals surface area contributed by atoms with Crippen molar-refractivity contribution in [1.29, 1.82) is 0 Å². The van der Waals surface area contributed by atoms with Gasteiger partial charge in [-0.15, -0.1) is 12.4 Å². The third-order valence-corrected chi connectivity index (χ3v) is 3.77. The third kappa shape index (κ3) is 7.45. The zero-order valence-electron chi connectivity index (χ0n) is 12.5. The van der Waals surface area contributed by atoms with Crippen LogP contribution in [0.25, 0.3) is 0 Å². The summed E-state index contributed by atoms with van der Waals surface area (Å²) in [6.07, 6.45) is 1.20. The standard InChI is InChI=1S/C14H22N2O3S.ClH/c1-10(2)13(15)14(17)16-8-11-5-4-6-12(7-11)9-20(3,18)19;/h4-7,10,13H,8-9,15H2,1-3H3,(H,16,17);1H/t13-;/m0./s1. The van der Waals surface area contributed by atoms with Crippen LogP contribution in [0.15, 0.2) is 24.3 Å². The largest absolute Gasteiger partial charge is 0.351 e. The van der Waals surface area contributed by atoms with Crippen molar-refractivity contribution in [2.75, 3.05) is 6.26 Å². The monoisotopic (exact) mass is 334 g/mol. The fraction of sp³-hybridized carbons (Fsp3) is 0.500. The van der Waals surface area contributed by atoms with Crippen LogP contribution >= 0.6 is 12.4 Å². The smallest absolute Gasteiger partial charge is 0.237 e. The maximum Gasteiger partial charge on any atom is 0.237 e. The maximum atomic E-state index is 11.7. The molecule has 1 amide bonds. The van der Waals surface area contributed by atoms with E-state index in [2.05, 4.69) is 5.32 Å². The SMILES string of the molecule is CC(C)[C@H](N)C(=O)NCc1cccc(CS(C)(=O)=O)c1.Cl. The van der Waals surface area contributed by atoms with Gasteiger partial charge < -0.3 is 11.1 Å². The predicted octanol–water partition coefficient (Wildman–Crippen LogP) is 1.25. The predicted molar refractivity (Wildman–Crippen MR) is 86.9 cm³/mol. The number of nitrogens with one attached hydrogen (secondary N) is 1. The van der Waals surface area contributed by atoms with Gasteiger partial charge >= 0.3 is 0 Å². The maximum absolute atomic E-state index is 11.7. The normalized spacial score (nSPS) is 12.6. The number of amides is 1. The van der Waals surface area contributed by atoms with Gasteiger partial charge in [0, 0.05) is 12.8 Å². The molecule has 1 aromatic rings. The summed E-state index contributed by atoms with van der Waals surface area (Å²) >= 11 is 0. The molecule has 0 heterocycles. The molecule has 3 N–H and O–H groups in total. The van der Waals surface area contributed by atoms with E-state index in [0.717, 1.165) is 5.56 Å². The Bertz CT molecular complexity index is 573. The van der Waals surface area contributed by atoms with Crippen LogP contribution in [0, 0.1) is 5.92 Å². The van der Waals surface area contributed by atoms with Crippen LogP contribution in [0.1, 0.15) is 25.0 Å². The second kappa shape index (κ2) is 8.36. The second-order valence-electron chi connectivity index (χ2n) is 5.38. The highest BCUT2D eigenvalue weighted by molar-refractivity contribution is 7.89. The van der Waals surface area contributed by atoms with Crippen molar-refractivity contribution in [3.05, 3.63) is 35.4 Å². The Morgan fingerprint density at radius 2 is 1.86 bits per heavy atom. The number of nitrogens with two attached hydrogens (primary N) is 1. The van der Waals surface area contributed by atoms with Crippen molar-refractivity contribution in [2.24, 2.45) is 11.7 Å². The molecule has 0 bridgehead atoms. The lowest BCUT2D eigenvalue weighted by molar-refractivity contribution is -0.123. The minimum Gasteiger partial charge on any atom is -0.351 e. The number of hydrogen-bond acceptors (Lipinski definition) is 4. The fourth-order valence-electron chi connectivity index (χ4n) is 1.74. The van der Waals surface area contributed by atoms with E-state index in [1.165, 1.54) is 6.26 Å². The quantitative estimate of drug-likeness (QED) is 0.819. The van der Waals surface area contributed by atoms with Crippen molar-refractivity contribution in [3.63, 3.8) is 0 Å². The molecule has 1 atom stereocenters. The summed E-state index contributed by atoms with van der Waals surface area (Å²) in [5, 5.41) is 2.76. The highest BCUT2D eigenvalue weighted by Gasteiger charge is 2.16. The van der Waals surface area contributed by atoms with Crippen LogP contribution in [-0.2, 0) is 26.9 Å². The summed E-state index contributed by atoms with van der Waals surface area (Å²) in [5.41, 5.74) is 7.32. The van der Waals surface area contributed by atoms with E-state index < -0.39 is 15.9 Å². The molecule has 0 spiro atoms. The number of sulfone groups is 1. The van der Waals surface area contributed by atoms with Crippen molar-refractivity contribution in [2.45, 2.75) is 32.2 Å². The lowest BCUT2D eigenvalue weighted by Crippen LogP contribution is -2.43. The molecule has 0 aliphatic heterocycles. The van der Waals surface area contributed by atoms with Crippen molar-refractivity contribution in [1.82, 2.24) is 5.32 Å². The van der Waals surface area contributed by atoms with E-state index in [-0.39, 0.29) is 30.0 Å². The molecule has 5 nitrogen and oxygen atoms in total. The van der Waals surface area contributed by atoms with E-state index in [1.54, 1.807) is 18.2 Å². The number of halogens is 1. The molecule has 7 heteroatoms. The van der Waals surface area contributed by atoms with Crippen molar-refractivity contribution < 1.29 is 13.2 Å². The summed E-state index contributed by atoms with van der Waals surface area (Å²) < 4.78 is 22.5. The molecule has 0 aliphatic carbocycles. The molecule has 0 aromatic heterocycles. The van der Waals surface area contributed by atoms with Gasteiger partial charge in [0.2, 0.25) is 5.91 Å². The Hall–Kier alpha value is -1.11. The fourth-order valence-corrected chi connectivity index (χ4v) is 2.53. The Balaban J connectivity index is 0.00000400. The van der Waals surface area contributed by atoms with Crippen molar-refractivity contribution in [3.8, 4) is 0 Å². The van der Waals surface area contributed by atoms with Crippen molar-refractivity contribution >= 4 is 28.2 Å². The summed E-state index contributed by atoms with van der Waals surface area (Å²) in [6.45, 7) is 4.12. The third-order valence-electron chi connectivity index (χ3n) is 2.91. The Morgan fingerprint density at radius 3 is 2.38 bits per heavy atom. The summed E-state index contributed by atoms with van der Waals surface area (Å²) in [4.78, 5) is 11.7. The highest BCUT2D eigenvalue weighted by Crippen LogP contribution is 2.09. The molecule has 0 aliphatic rings. The Kier molecular flexibility index (Phi) is 7.92. The summed E-state index contributed by atoms with van der Waals surface area (Å²) in [6, 6.07) is 6.63. The zero-order chi connectivity index (χ0) is 15.3. The topological polar surface area (TPSA) is 89.3 Å². The van der Waals surface area contributed by atoms with E-state index in [9.17, 15) is 13.2 Å². The van der Waals surface area contributed by atoms with Crippen LogP contribution in [0.2, 0.25) is 0 Å². The van der Waals surface area contributed by atoms with Crippen LogP contribution in [-0.4, -0.2) is 26.6 Å². The molecule has 120 valence electrons. The van der Waals surface area contributed by atoms with E-state index in [1.807, 2.05) is 19.9 Å². The van der Waals surface area contributed by atoms with E-state index in [4.69, 9.17) is 5.73 Å². The number of rotatable bonds is 6. The molecule has 0 unspecified atom stereocenters.